The Balaban J connectivity index is 1.57. The van der Waals surface area contributed by atoms with Gasteiger partial charge in [0.1, 0.15) is 29.7 Å². The number of benzene rings is 2. The van der Waals surface area contributed by atoms with E-state index in [2.05, 4.69) is 15.6 Å². The molecule has 0 fully saturated rings. The molecule has 5 nitrogen and oxygen atoms in total. The lowest BCUT2D eigenvalue weighted by Crippen LogP contribution is -2.61. The van der Waals surface area contributed by atoms with E-state index in [1.54, 1.807) is 12.3 Å². The second-order valence-electron chi connectivity index (χ2n) is 5.99. The lowest BCUT2D eigenvalue weighted by Gasteiger charge is -2.32. The summed E-state index contributed by atoms with van der Waals surface area (Å²) >= 11 is 0. The van der Waals surface area contributed by atoms with Crippen molar-refractivity contribution in [2.45, 2.75) is 12.1 Å². The number of rotatable bonds is 6. The van der Waals surface area contributed by atoms with Crippen molar-refractivity contribution in [2.24, 2.45) is 10.7 Å². The first-order valence-corrected chi connectivity index (χ1v) is 8.21. The minimum absolute atomic E-state index is 0.208. The van der Waals surface area contributed by atoms with E-state index in [-0.39, 0.29) is 6.42 Å². The standard InChI is InChI=1S/C19H20F2N4O/c20-15-10-14(11-16(21)12-15)13-19(22)6-7-23-18(25-19)24-8-9-26-17-4-2-1-3-5-17/h1-7,10-12H,8-9,13,22H2,(H2,23,24,25). The average Bonchev–Trinajstić information content (AvgIpc) is 2.58. The van der Waals surface area contributed by atoms with Crippen LogP contribution in [0.2, 0.25) is 0 Å². The van der Waals surface area contributed by atoms with Crippen molar-refractivity contribution in [2.75, 3.05) is 13.2 Å². The van der Waals surface area contributed by atoms with Crippen LogP contribution >= 0.6 is 0 Å². The van der Waals surface area contributed by atoms with Gasteiger partial charge in [-0.2, -0.15) is 0 Å². The van der Waals surface area contributed by atoms with Gasteiger partial charge >= 0.3 is 0 Å². The van der Waals surface area contributed by atoms with Gasteiger partial charge in [-0.15, -0.1) is 0 Å². The summed E-state index contributed by atoms with van der Waals surface area (Å²) in [4.78, 5) is 4.36. The molecular weight excluding hydrogens is 338 g/mol. The van der Waals surface area contributed by atoms with Crippen LogP contribution in [-0.2, 0) is 6.42 Å². The van der Waals surface area contributed by atoms with Gasteiger partial charge in [-0.1, -0.05) is 18.2 Å². The Kier molecular flexibility index (Phi) is 5.48. The molecule has 0 bridgehead atoms. The fourth-order valence-corrected chi connectivity index (χ4v) is 2.64. The summed E-state index contributed by atoms with van der Waals surface area (Å²) in [6, 6.07) is 12.8. The number of nitrogens with one attached hydrogen (secondary N) is 2. The third kappa shape index (κ3) is 5.03. The van der Waals surface area contributed by atoms with Crippen LogP contribution < -0.4 is 21.1 Å². The zero-order chi connectivity index (χ0) is 18.4. The molecule has 1 aliphatic heterocycles. The minimum Gasteiger partial charge on any atom is -0.492 e. The zero-order valence-corrected chi connectivity index (χ0v) is 14.1. The van der Waals surface area contributed by atoms with Gasteiger partial charge in [-0.25, -0.2) is 13.8 Å². The van der Waals surface area contributed by atoms with E-state index >= 15 is 0 Å². The summed E-state index contributed by atoms with van der Waals surface area (Å²) < 4.78 is 32.3. The van der Waals surface area contributed by atoms with Gasteiger partial charge in [0, 0.05) is 18.7 Å². The summed E-state index contributed by atoms with van der Waals surface area (Å²) in [5.41, 5.74) is 5.74. The molecule has 136 valence electrons. The van der Waals surface area contributed by atoms with Crippen LogP contribution in [-0.4, -0.2) is 24.8 Å². The summed E-state index contributed by atoms with van der Waals surface area (Å²) in [5.74, 6) is -0.0103. The van der Waals surface area contributed by atoms with Gasteiger partial charge in [0.05, 0.1) is 6.54 Å². The Hall–Kier alpha value is -2.93. The number of halogens is 2. The highest BCUT2D eigenvalue weighted by molar-refractivity contribution is 5.83. The highest BCUT2D eigenvalue weighted by atomic mass is 19.1. The van der Waals surface area contributed by atoms with Crippen LogP contribution in [0.5, 0.6) is 5.75 Å². The molecule has 3 rings (SSSR count). The number of nitrogens with two attached hydrogens (primary N) is 1. The maximum absolute atomic E-state index is 13.4. The maximum Gasteiger partial charge on any atom is 0.197 e. The molecule has 0 saturated heterocycles. The zero-order valence-electron chi connectivity index (χ0n) is 14.1. The van der Waals surface area contributed by atoms with Crippen LogP contribution in [0.15, 0.2) is 65.8 Å². The number of ether oxygens (including phenoxy) is 1. The molecule has 26 heavy (non-hydrogen) atoms. The normalized spacial score (nSPS) is 20.5. The van der Waals surface area contributed by atoms with Crippen molar-refractivity contribution < 1.29 is 13.5 Å². The molecule has 0 saturated carbocycles. The van der Waals surface area contributed by atoms with Gasteiger partial charge in [-0.3, -0.25) is 0 Å². The first-order valence-electron chi connectivity index (χ1n) is 8.21. The van der Waals surface area contributed by atoms with E-state index in [4.69, 9.17) is 10.5 Å². The van der Waals surface area contributed by atoms with Crippen molar-refractivity contribution in [3.8, 4) is 5.75 Å². The first-order chi connectivity index (χ1) is 12.5. The van der Waals surface area contributed by atoms with E-state index in [1.165, 1.54) is 12.1 Å². The second-order valence-corrected chi connectivity index (χ2v) is 5.99. The fraction of sp³-hybridized carbons (Fsp3) is 0.211. The minimum atomic E-state index is -0.995. The third-order valence-corrected chi connectivity index (χ3v) is 3.74. The second kappa shape index (κ2) is 7.97. The molecule has 0 radical (unpaired) electrons. The van der Waals surface area contributed by atoms with E-state index < -0.39 is 17.3 Å². The van der Waals surface area contributed by atoms with E-state index in [0.717, 1.165) is 11.8 Å². The predicted molar refractivity (Wildman–Crippen MR) is 96.6 cm³/mol. The molecule has 2 aromatic carbocycles. The van der Waals surface area contributed by atoms with Gasteiger partial charge < -0.3 is 21.1 Å². The summed E-state index contributed by atoms with van der Waals surface area (Å²) in [7, 11) is 0. The van der Waals surface area contributed by atoms with Crippen molar-refractivity contribution in [1.29, 1.82) is 0 Å². The van der Waals surface area contributed by atoms with Gasteiger partial charge in [0.15, 0.2) is 5.96 Å². The molecule has 1 unspecified atom stereocenters. The van der Waals surface area contributed by atoms with Gasteiger partial charge in [-0.05, 0) is 35.9 Å². The van der Waals surface area contributed by atoms with E-state index in [1.807, 2.05) is 30.3 Å². The lowest BCUT2D eigenvalue weighted by molar-refractivity contribution is 0.328. The Bertz CT molecular complexity index is 790. The largest absolute Gasteiger partial charge is 0.492 e. The molecule has 1 atom stereocenters. The quantitative estimate of drug-likeness (QED) is 0.693. The predicted octanol–water partition coefficient (Wildman–Crippen LogP) is 2.30. The van der Waals surface area contributed by atoms with Crippen LogP contribution in [0.3, 0.4) is 0 Å². The van der Waals surface area contributed by atoms with Crippen LogP contribution in [0.4, 0.5) is 8.78 Å². The molecule has 0 aliphatic carbocycles. The molecule has 0 aromatic heterocycles. The molecule has 0 amide bonds. The van der Waals surface area contributed by atoms with Crippen molar-refractivity contribution >= 4 is 5.96 Å². The number of hydrogen-bond acceptors (Lipinski definition) is 3. The molecule has 7 heteroatoms. The average molecular weight is 358 g/mol. The Morgan fingerprint density at radius 2 is 1.81 bits per heavy atom. The number of nitrogens with zero attached hydrogens (tertiary/aromatic N) is 1. The summed E-state index contributed by atoms with van der Waals surface area (Å²) in [6.45, 7) is 0.829. The smallest absolute Gasteiger partial charge is 0.197 e. The van der Waals surface area contributed by atoms with Crippen molar-refractivity contribution in [3.63, 3.8) is 0 Å². The molecule has 1 aliphatic rings. The molecule has 4 N–H and O–H groups in total. The van der Waals surface area contributed by atoms with Crippen LogP contribution in [0, 0.1) is 11.6 Å². The van der Waals surface area contributed by atoms with Crippen molar-refractivity contribution in [1.82, 2.24) is 10.6 Å². The highest BCUT2D eigenvalue weighted by Crippen LogP contribution is 2.15. The van der Waals surface area contributed by atoms with Crippen LogP contribution in [0.25, 0.3) is 0 Å². The van der Waals surface area contributed by atoms with Crippen molar-refractivity contribution in [3.05, 3.63) is 78.0 Å². The monoisotopic (exact) mass is 358 g/mol. The molecule has 1 heterocycles. The number of hydrogen-bond donors (Lipinski definition) is 3. The van der Waals surface area contributed by atoms with E-state index in [9.17, 15) is 8.78 Å². The maximum atomic E-state index is 13.4. The Morgan fingerprint density at radius 3 is 2.54 bits per heavy atom. The number of guanidine groups is 1. The topological polar surface area (TPSA) is 71.7 Å². The Labute approximate surface area is 150 Å². The SMILES string of the molecule is NC1(Cc2cc(F)cc(F)c2)C=CNC(=NCCOc2ccccc2)N1. The van der Waals surface area contributed by atoms with Gasteiger partial charge in [0.25, 0.3) is 0 Å². The molecule has 0 spiro atoms. The lowest BCUT2D eigenvalue weighted by atomic mass is 9.99. The van der Waals surface area contributed by atoms with E-state index in [0.29, 0.717) is 24.7 Å². The number of aliphatic imine (C=N–C) groups is 1. The van der Waals surface area contributed by atoms with Gasteiger partial charge in [0.2, 0.25) is 0 Å². The highest BCUT2D eigenvalue weighted by Gasteiger charge is 2.26. The molecule has 2 aromatic rings. The third-order valence-electron chi connectivity index (χ3n) is 3.74. The Morgan fingerprint density at radius 1 is 1.08 bits per heavy atom. The summed E-state index contributed by atoms with van der Waals surface area (Å²) in [6.07, 6.45) is 3.55. The summed E-state index contributed by atoms with van der Waals surface area (Å²) in [5, 5.41) is 6.00. The number of para-hydroxylation sites is 1. The fourth-order valence-electron chi connectivity index (χ4n) is 2.64. The first kappa shape index (κ1) is 17.9. The van der Waals surface area contributed by atoms with Crippen LogP contribution in [0.1, 0.15) is 5.56 Å². The molecular formula is C19H20F2N4O.